The summed E-state index contributed by atoms with van der Waals surface area (Å²) in [6.45, 7) is 4.05. The maximum atomic E-state index is 12.3. The number of aromatic nitrogens is 2. The van der Waals surface area contributed by atoms with Gasteiger partial charge >= 0.3 is 5.76 Å². The monoisotopic (exact) mass is 337 g/mol. The van der Waals surface area contributed by atoms with Gasteiger partial charge in [-0.25, -0.2) is 4.79 Å². The van der Waals surface area contributed by atoms with Crippen molar-refractivity contribution in [3.8, 4) is 10.8 Å². The molecule has 23 heavy (non-hydrogen) atoms. The Balaban J connectivity index is 1.60. The first kappa shape index (κ1) is 15.9. The van der Waals surface area contributed by atoms with E-state index in [1.807, 2.05) is 24.4 Å². The number of carbonyl (C=O) groups is 1. The lowest BCUT2D eigenvalue weighted by Gasteiger charge is -2.32. The van der Waals surface area contributed by atoms with Crippen molar-refractivity contribution in [1.82, 2.24) is 14.7 Å². The van der Waals surface area contributed by atoms with Crippen molar-refractivity contribution in [2.24, 2.45) is 0 Å². The van der Waals surface area contributed by atoms with E-state index in [1.54, 1.807) is 4.90 Å². The maximum absolute atomic E-state index is 12.3. The first-order valence-corrected chi connectivity index (χ1v) is 8.56. The SMILES string of the molecule is CCC1CN(C(=O)CCn2nc(-c3cccs3)oc2=O)CCO1. The molecule has 0 radical (unpaired) electrons. The zero-order chi connectivity index (χ0) is 16.2. The Morgan fingerprint density at radius 2 is 2.39 bits per heavy atom. The van der Waals surface area contributed by atoms with E-state index in [-0.39, 0.29) is 25.0 Å². The van der Waals surface area contributed by atoms with Crippen molar-refractivity contribution in [1.29, 1.82) is 0 Å². The van der Waals surface area contributed by atoms with Gasteiger partial charge in [-0.1, -0.05) is 13.0 Å². The van der Waals surface area contributed by atoms with Crippen LogP contribution < -0.4 is 5.76 Å². The van der Waals surface area contributed by atoms with Gasteiger partial charge in [-0.2, -0.15) is 4.68 Å². The third kappa shape index (κ3) is 3.70. The second kappa shape index (κ2) is 7.10. The summed E-state index contributed by atoms with van der Waals surface area (Å²) in [7, 11) is 0. The lowest BCUT2D eigenvalue weighted by Crippen LogP contribution is -2.45. The molecule has 1 saturated heterocycles. The van der Waals surface area contributed by atoms with Crippen LogP contribution in [0.2, 0.25) is 0 Å². The van der Waals surface area contributed by atoms with Gasteiger partial charge in [0.1, 0.15) is 0 Å². The smallest absolute Gasteiger partial charge is 0.387 e. The number of aryl methyl sites for hydroxylation is 1. The minimum absolute atomic E-state index is 0.0133. The van der Waals surface area contributed by atoms with E-state index in [9.17, 15) is 9.59 Å². The van der Waals surface area contributed by atoms with Crippen molar-refractivity contribution >= 4 is 17.2 Å². The summed E-state index contributed by atoms with van der Waals surface area (Å²) in [5, 5.41) is 6.04. The number of nitrogens with zero attached hydrogens (tertiary/aromatic N) is 3. The van der Waals surface area contributed by atoms with Gasteiger partial charge in [0.2, 0.25) is 5.91 Å². The zero-order valence-electron chi connectivity index (χ0n) is 12.9. The minimum atomic E-state index is -0.533. The van der Waals surface area contributed by atoms with E-state index in [1.165, 1.54) is 16.0 Å². The van der Waals surface area contributed by atoms with Gasteiger partial charge in [-0.15, -0.1) is 16.4 Å². The van der Waals surface area contributed by atoms with Crippen LogP contribution in [-0.4, -0.2) is 46.4 Å². The van der Waals surface area contributed by atoms with Gasteiger partial charge in [0.25, 0.3) is 5.89 Å². The number of hydrogen-bond acceptors (Lipinski definition) is 6. The van der Waals surface area contributed by atoms with E-state index in [0.717, 1.165) is 11.3 Å². The molecule has 1 aliphatic rings. The summed E-state index contributed by atoms with van der Waals surface area (Å²) >= 11 is 1.45. The summed E-state index contributed by atoms with van der Waals surface area (Å²) in [6, 6.07) is 3.70. The highest BCUT2D eigenvalue weighted by atomic mass is 32.1. The van der Waals surface area contributed by atoms with E-state index in [0.29, 0.717) is 25.6 Å². The molecule has 0 spiro atoms. The fourth-order valence-electron chi connectivity index (χ4n) is 2.50. The average molecular weight is 337 g/mol. The molecule has 0 N–H and O–H groups in total. The molecule has 2 aromatic rings. The predicted octanol–water partition coefficient (Wildman–Crippen LogP) is 1.59. The molecule has 1 amide bonds. The molecule has 3 heterocycles. The molecule has 1 fully saturated rings. The summed E-state index contributed by atoms with van der Waals surface area (Å²) in [5.74, 6) is -0.219. The normalized spacial score (nSPS) is 18.3. The number of thiophene rings is 1. The molecule has 0 aliphatic carbocycles. The first-order valence-electron chi connectivity index (χ1n) is 7.68. The third-order valence-electron chi connectivity index (χ3n) is 3.82. The van der Waals surface area contributed by atoms with Crippen LogP contribution in [-0.2, 0) is 16.1 Å². The summed E-state index contributed by atoms with van der Waals surface area (Å²) in [6.07, 6.45) is 1.22. The van der Waals surface area contributed by atoms with E-state index < -0.39 is 5.76 Å². The largest absolute Gasteiger partial charge is 0.437 e. The fraction of sp³-hybridized carbons (Fsp3) is 0.533. The number of hydrogen-bond donors (Lipinski definition) is 0. The molecule has 1 aliphatic heterocycles. The molecule has 2 aromatic heterocycles. The summed E-state index contributed by atoms with van der Waals surface area (Å²) in [4.78, 5) is 26.7. The Morgan fingerprint density at radius 1 is 1.52 bits per heavy atom. The number of morpholine rings is 1. The number of ether oxygens (including phenoxy) is 1. The Kier molecular flexibility index (Phi) is 4.92. The molecule has 124 valence electrons. The lowest BCUT2D eigenvalue weighted by molar-refractivity contribution is -0.139. The van der Waals surface area contributed by atoms with Crippen LogP contribution in [0.1, 0.15) is 19.8 Å². The molecule has 0 aromatic carbocycles. The lowest BCUT2D eigenvalue weighted by atomic mass is 10.2. The molecular formula is C15H19N3O4S. The van der Waals surface area contributed by atoms with E-state index in [4.69, 9.17) is 9.15 Å². The maximum Gasteiger partial charge on any atom is 0.437 e. The van der Waals surface area contributed by atoms with Gasteiger partial charge < -0.3 is 14.1 Å². The summed E-state index contributed by atoms with van der Waals surface area (Å²) in [5.41, 5.74) is 0. The van der Waals surface area contributed by atoms with Crippen molar-refractivity contribution in [2.75, 3.05) is 19.7 Å². The van der Waals surface area contributed by atoms with Gasteiger partial charge in [0.15, 0.2) is 0 Å². The fourth-order valence-corrected chi connectivity index (χ4v) is 3.14. The predicted molar refractivity (Wildman–Crippen MR) is 85.3 cm³/mol. The quantitative estimate of drug-likeness (QED) is 0.828. The van der Waals surface area contributed by atoms with Crippen molar-refractivity contribution in [3.05, 3.63) is 28.1 Å². The molecule has 1 unspecified atom stereocenters. The van der Waals surface area contributed by atoms with Crippen LogP contribution in [0.25, 0.3) is 10.8 Å². The molecule has 0 saturated carbocycles. The molecule has 1 atom stereocenters. The van der Waals surface area contributed by atoms with Gasteiger partial charge in [0, 0.05) is 19.5 Å². The average Bonchev–Trinajstić information content (AvgIpc) is 3.22. The van der Waals surface area contributed by atoms with Crippen LogP contribution >= 0.6 is 11.3 Å². The summed E-state index contributed by atoms with van der Waals surface area (Å²) < 4.78 is 11.9. The van der Waals surface area contributed by atoms with Crippen LogP contribution in [0.4, 0.5) is 0 Å². The van der Waals surface area contributed by atoms with Crippen LogP contribution in [0.15, 0.2) is 26.7 Å². The van der Waals surface area contributed by atoms with Crippen molar-refractivity contribution in [2.45, 2.75) is 32.4 Å². The highest BCUT2D eigenvalue weighted by Gasteiger charge is 2.23. The van der Waals surface area contributed by atoms with Gasteiger partial charge in [0.05, 0.1) is 24.1 Å². The van der Waals surface area contributed by atoms with Gasteiger partial charge in [-0.3, -0.25) is 4.79 Å². The standard InChI is InChI=1S/C15H19N3O4S/c1-2-11-10-17(7-8-21-11)13(19)5-6-18-15(20)22-14(16-18)12-4-3-9-23-12/h3-4,9,11H,2,5-8,10H2,1H3. The van der Waals surface area contributed by atoms with Crippen LogP contribution in [0.5, 0.6) is 0 Å². The number of amides is 1. The van der Waals surface area contributed by atoms with Gasteiger partial charge in [-0.05, 0) is 17.9 Å². The number of carbonyl (C=O) groups excluding carboxylic acids is 1. The van der Waals surface area contributed by atoms with E-state index in [2.05, 4.69) is 5.10 Å². The minimum Gasteiger partial charge on any atom is -0.387 e. The van der Waals surface area contributed by atoms with Crippen molar-refractivity contribution < 1.29 is 13.9 Å². The molecule has 0 bridgehead atoms. The van der Waals surface area contributed by atoms with E-state index >= 15 is 0 Å². The topological polar surface area (TPSA) is 77.6 Å². The first-order chi connectivity index (χ1) is 11.2. The van der Waals surface area contributed by atoms with Crippen molar-refractivity contribution in [3.63, 3.8) is 0 Å². The Hall–Kier alpha value is -1.93. The third-order valence-corrected chi connectivity index (χ3v) is 4.68. The Bertz CT molecular complexity index is 707. The second-order valence-electron chi connectivity index (χ2n) is 5.36. The highest BCUT2D eigenvalue weighted by Crippen LogP contribution is 2.21. The number of rotatable bonds is 5. The molecule has 7 nitrogen and oxygen atoms in total. The Morgan fingerprint density at radius 3 is 3.13 bits per heavy atom. The zero-order valence-corrected chi connectivity index (χ0v) is 13.8. The van der Waals surface area contributed by atoms with Crippen LogP contribution in [0, 0.1) is 0 Å². The Labute approximate surface area is 137 Å². The molecule has 3 rings (SSSR count). The molecular weight excluding hydrogens is 318 g/mol. The second-order valence-corrected chi connectivity index (χ2v) is 6.31. The van der Waals surface area contributed by atoms with Crippen LogP contribution in [0.3, 0.4) is 0 Å². The highest BCUT2D eigenvalue weighted by molar-refractivity contribution is 7.13. The molecule has 8 heteroatoms.